The predicted octanol–water partition coefficient (Wildman–Crippen LogP) is 3.95. The maximum Gasteiger partial charge on any atom is 0.227 e. The van der Waals surface area contributed by atoms with E-state index in [1.165, 1.54) is 12.1 Å². The molecule has 0 aliphatic carbocycles. The highest BCUT2D eigenvalue weighted by Gasteiger charge is 2.35. The molecule has 1 aromatic heterocycles. The van der Waals surface area contributed by atoms with Crippen molar-refractivity contribution in [1.82, 2.24) is 4.90 Å². The number of halogens is 1. The van der Waals surface area contributed by atoms with Gasteiger partial charge in [0.1, 0.15) is 11.4 Å². The van der Waals surface area contributed by atoms with Crippen molar-refractivity contribution < 1.29 is 22.0 Å². The molecule has 0 spiro atoms. The lowest BCUT2D eigenvalue weighted by Crippen LogP contribution is -2.41. The first-order chi connectivity index (χ1) is 14.2. The Balaban J connectivity index is 1.62. The third-order valence-corrected chi connectivity index (χ3v) is 7.67. The van der Waals surface area contributed by atoms with Gasteiger partial charge in [-0.1, -0.05) is 24.3 Å². The second kappa shape index (κ2) is 7.87. The molecular formula is C23H24FNO4S. The van der Waals surface area contributed by atoms with Gasteiger partial charge in [-0.25, -0.2) is 12.8 Å². The van der Waals surface area contributed by atoms with Crippen molar-refractivity contribution in [3.8, 4) is 0 Å². The molecule has 2 aromatic carbocycles. The molecule has 3 aromatic rings. The summed E-state index contributed by atoms with van der Waals surface area (Å²) in [6.07, 6.45) is 2.14. The van der Waals surface area contributed by atoms with E-state index in [0.29, 0.717) is 6.42 Å². The number of benzene rings is 2. The van der Waals surface area contributed by atoms with Crippen LogP contribution in [0.5, 0.6) is 0 Å². The SMILES string of the molecule is Cc1ccc2c(CC(=O)N(Cc3ccc(F)cc3)[C@H]3CCS(=O)(=O)C3)coc2c1C. The van der Waals surface area contributed by atoms with Gasteiger partial charge in [0.15, 0.2) is 9.84 Å². The van der Waals surface area contributed by atoms with Gasteiger partial charge in [0.2, 0.25) is 5.91 Å². The zero-order valence-electron chi connectivity index (χ0n) is 17.0. The fraction of sp³-hybridized carbons (Fsp3) is 0.348. The molecule has 0 radical (unpaired) electrons. The summed E-state index contributed by atoms with van der Waals surface area (Å²) in [7, 11) is -3.15. The fourth-order valence-corrected chi connectivity index (χ4v) is 5.75. The Morgan fingerprint density at radius 3 is 2.57 bits per heavy atom. The van der Waals surface area contributed by atoms with Gasteiger partial charge in [0, 0.05) is 23.5 Å². The van der Waals surface area contributed by atoms with E-state index in [4.69, 9.17) is 4.42 Å². The molecule has 0 unspecified atom stereocenters. The zero-order valence-corrected chi connectivity index (χ0v) is 17.8. The highest BCUT2D eigenvalue weighted by molar-refractivity contribution is 7.91. The second-order valence-electron chi connectivity index (χ2n) is 8.03. The van der Waals surface area contributed by atoms with Crippen molar-refractivity contribution in [3.63, 3.8) is 0 Å². The van der Waals surface area contributed by atoms with Crippen LogP contribution in [-0.4, -0.2) is 36.8 Å². The van der Waals surface area contributed by atoms with Crippen molar-refractivity contribution in [2.75, 3.05) is 11.5 Å². The summed E-state index contributed by atoms with van der Waals surface area (Å²) < 4.78 is 43.0. The van der Waals surface area contributed by atoms with E-state index in [0.717, 1.165) is 33.2 Å². The maximum atomic E-state index is 13.3. The number of hydrogen-bond donors (Lipinski definition) is 0. The van der Waals surface area contributed by atoms with Crippen LogP contribution in [0.4, 0.5) is 4.39 Å². The lowest BCUT2D eigenvalue weighted by molar-refractivity contribution is -0.133. The number of aryl methyl sites for hydroxylation is 2. The van der Waals surface area contributed by atoms with Crippen molar-refractivity contribution >= 4 is 26.7 Å². The molecule has 0 saturated carbocycles. The number of furan rings is 1. The van der Waals surface area contributed by atoms with Gasteiger partial charge in [0.05, 0.1) is 24.2 Å². The number of sulfone groups is 1. The van der Waals surface area contributed by atoms with Crippen LogP contribution in [0.15, 0.2) is 47.1 Å². The van der Waals surface area contributed by atoms with Gasteiger partial charge in [-0.15, -0.1) is 0 Å². The zero-order chi connectivity index (χ0) is 21.5. The largest absolute Gasteiger partial charge is 0.464 e. The molecule has 30 heavy (non-hydrogen) atoms. The summed E-state index contributed by atoms with van der Waals surface area (Å²) in [6, 6.07) is 9.51. The molecule has 1 fully saturated rings. The predicted molar refractivity (Wildman–Crippen MR) is 113 cm³/mol. The molecule has 7 heteroatoms. The first-order valence-corrected chi connectivity index (χ1v) is 11.8. The van der Waals surface area contributed by atoms with Gasteiger partial charge in [0.25, 0.3) is 0 Å². The number of hydrogen-bond acceptors (Lipinski definition) is 4. The number of amides is 1. The molecule has 4 rings (SSSR count). The van der Waals surface area contributed by atoms with E-state index in [-0.39, 0.29) is 42.2 Å². The van der Waals surface area contributed by atoms with E-state index in [1.807, 2.05) is 26.0 Å². The average molecular weight is 430 g/mol. The third kappa shape index (κ3) is 4.12. The summed E-state index contributed by atoms with van der Waals surface area (Å²) in [5.41, 5.74) is 4.46. The van der Waals surface area contributed by atoms with Crippen molar-refractivity contribution in [3.05, 3.63) is 70.7 Å². The van der Waals surface area contributed by atoms with E-state index in [1.54, 1.807) is 23.3 Å². The van der Waals surface area contributed by atoms with E-state index in [2.05, 4.69) is 0 Å². The maximum absolute atomic E-state index is 13.3. The smallest absolute Gasteiger partial charge is 0.227 e. The lowest BCUT2D eigenvalue weighted by Gasteiger charge is -2.28. The molecule has 1 amide bonds. The van der Waals surface area contributed by atoms with Crippen LogP contribution in [-0.2, 0) is 27.6 Å². The monoisotopic (exact) mass is 429 g/mol. The normalized spacial score (nSPS) is 18.0. The Kier molecular flexibility index (Phi) is 5.40. The van der Waals surface area contributed by atoms with E-state index in [9.17, 15) is 17.6 Å². The fourth-order valence-electron chi connectivity index (χ4n) is 4.02. The summed E-state index contributed by atoms with van der Waals surface area (Å²) in [4.78, 5) is 14.9. The molecule has 0 bridgehead atoms. The minimum Gasteiger partial charge on any atom is -0.464 e. The summed E-state index contributed by atoms with van der Waals surface area (Å²) in [5.74, 6) is -0.472. The van der Waals surface area contributed by atoms with Crippen LogP contribution in [0.2, 0.25) is 0 Å². The number of fused-ring (bicyclic) bond motifs is 1. The van der Waals surface area contributed by atoms with Gasteiger partial charge < -0.3 is 9.32 Å². The van der Waals surface area contributed by atoms with Crippen LogP contribution >= 0.6 is 0 Å². The molecule has 1 aliphatic rings. The molecular weight excluding hydrogens is 405 g/mol. The van der Waals surface area contributed by atoms with Crippen molar-refractivity contribution in [2.45, 2.75) is 39.3 Å². The van der Waals surface area contributed by atoms with Crippen LogP contribution < -0.4 is 0 Å². The van der Waals surface area contributed by atoms with Gasteiger partial charge in [-0.05, 0) is 49.1 Å². The minimum atomic E-state index is -3.15. The number of carbonyl (C=O) groups is 1. The standard InChI is InChI=1S/C23H24FNO4S/c1-15-3-8-21-18(13-29-23(21)16(15)2)11-22(26)25(20-9-10-30(27,28)14-20)12-17-4-6-19(24)7-5-17/h3-8,13,20H,9-12,14H2,1-2H3/t20-/m0/s1. The lowest BCUT2D eigenvalue weighted by atomic mass is 10.0. The highest BCUT2D eigenvalue weighted by Crippen LogP contribution is 2.28. The van der Waals surface area contributed by atoms with Crippen molar-refractivity contribution in [1.29, 1.82) is 0 Å². The number of nitrogens with zero attached hydrogens (tertiary/aromatic N) is 1. The van der Waals surface area contributed by atoms with E-state index < -0.39 is 9.84 Å². The first kappa shape index (κ1) is 20.6. The quantitative estimate of drug-likeness (QED) is 0.616. The topological polar surface area (TPSA) is 67.6 Å². The van der Waals surface area contributed by atoms with Crippen LogP contribution in [0.25, 0.3) is 11.0 Å². The Labute approximate surface area is 175 Å². The molecule has 1 aliphatic heterocycles. The number of carbonyl (C=O) groups excluding carboxylic acids is 1. The van der Waals surface area contributed by atoms with Crippen LogP contribution in [0, 0.1) is 19.7 Å². The van der Waals surface area contributed by atoms with Crippen LogP contribution in [0.3, 0.4) is 0 Å². The van der Waals surface area contributed by atoms with Crippen LogP contribution in [0.1, 0.15) is 28.7 Å². The molecule has 1 saturated heterocycles. The molecule has 0 N–H and O–H groups in total. The van der Waals surface area contributed by atoms with Gasteiger partial charge >= 0.3 is 0 Å². The summed E-state index contributed by atoms with van der Waals surface area (Å²) >= 11 is 0. The molecule has 2 heterocycles. The molecule has 158 valence electrons. The Bertz CT molecular complexity index is 1200. The average Bonchev–Trinajstić information content (AvgIpc) is 3.27. The van der Waals surface area contributed by atoms with Gasteiger partial charge in [-0.2, -0.15) is 0 Å². The molecule has 1 atom stereocenters. The first-order valence-electron chi connectivity index (χ1n) is 9.94. The minimum absolute atomic E-state index is 0.0373. The van der Waals surface area contributed by atoms with E-state index >= 15 is 0 Å². The Morgan fingerprint density at radius 2 is 1.90 bits per heavy atom. The Morgan fingerprint density at radius 1 is 1.17 bits per heavy atom. The second-order valence-corrected chi connectivity index (χ2v) is 10.3. The Hall–Kier alpha value is -2.67. The molecule has 5 nitrogen and oxygen atoms in total. The summed E-state index contributed by atoms with van der Waals surface area (Å²) in [6.45, 7) is 4.23. The van der Waals surface area contributed by atoms with Crippen molar-refractivity contribution in [2.24, 2.45) is 0 Å². The van der Waals surface area contributed by atoms with Gasteiger partial charge in [-0.3, -0.25) is 4.79 Å². The highest BCUT2D eigenvalue weighted by atomic mass is 32.2. The number of rotatable bonds is 5. The summed E-state index contributed by atoms with van der Waals surface area (Å²) in [5, 5.41) is 0.896. The third-order valence-electron chi connectivity index (χ3n) is 5.92.